The first kappa shape index (κ1) is 16.6. The van der Waals surface area contributed by atoms with E-state index in [-0.39, 0.29) is 5.91 Å². The monoisotopic (exact) mass is 348 g/mol. The van der Waals surface area contributed by atoms with Gasteiger partial charge in [0.05, 0.1) is 18.7 Å². The molecule has 4 rings (SSSR count). The summed E-state index contributed by atoms with van der Waals surface area (Å²) >= 11 is 0. The van der Waals surface area contributed by atoms with Crippen LogP contribution in [-0.2, 0) is 22.5 Å². The smallest absolute Gasteiger partial charge is 0.253 e. The van der Waals surface area contributed by atoms with Gasteiger partial charge in [-0.1, -0.05) is 24.3 Å². The summed E-state index contributed by atoms with van der Waals surface area (Å²) in [5.74, 6) is 0.812. The number of hydrogen-bond donors (Lipinski definition) is 0. The summed E-state index contributed by atoms with van der Waals surface area (Å²) in [6.45, 7) is 3.03. The van der Waals surface area contributed by atoms with Crippen molar-refractivity contribution < 1.29 is 9.53 Å². The number of aromatic nitrogens is 1. The number of pyridine rings is 1. The molecule has 6 heteroatoms. The van der Waals surface area contributed by atoms with E-state index >= 15 is 0 Å². The summed E-state index contributed by atoms with van der Waals surface area (Å²) < 4.78 is 5.76. The molecule has 1 amide bonds. The second-order valence-electron chi connectivity index (χ2n) is 6.60. The normalized spacial score (nSPS) is 19.6. The molecule has 132 valence electrons. The lowest BCUT2D eigenvalue weighted by atomic mass is 9.99. The number of anilines is 1. The number of nitriles is 1. The van der Waals surface area contributed by atoms with Crippen molar-refractivity contribution in [1.29, 1.82) is 5.26 Å². The van der Waals surface area contributed by atoms with Crippen LogP contribution < -0.4 is 4.90 Å². The van der Waals surface area contributed by atoms with E-state index in [2.05, 4.69) is 23.2 Å². The van der Waals surface area contributed by atoms with Crippen molar-refractivity contribution in [3.05, 3.63) is 59.3 Å². The lowest BCUT2D eigenvalue weighted by Gasteiger charge is -2.37. The fourth-order valence-corrected chi connectivity index (χ4v) is 3.53. The third-order valence-electron chi connectivity index (χ3n) is 4.99. The first-order chi connectivity index (χ1) is 12.7. The predicted octanol–water partition coefficient (Wildman–Crippen LogP) is 1.74. The Balaban J connectivity index is 1.44. The number of amides is 1. The SMILES string of the molecule is N#Cc1ccc(N2CCOC(C(=O)N3CCc4ccccc4C3)C2)nc1. The van der Waals surface area contributed by atoms with Crippen LogP contribution in [0.15, 0.2) is 42.6 Å². The second kappa shape index (κ2) is 7.14. The van der Waals surface area contributed by atoms with Gasteiger partial charge in [0, 0.05) is 25.8 Å². The standard InChI is InChI=1S/C20H20N4O2/c21-11-15-5-6-19(22-12-15)23-9-10-26-18(14-23)20(25)24-8-7-16-3-1-2-4-17(16)13-24/h1-6,12,18H,7-10,13-14H2. The highest BCUT2D eigenvalue weighted by atomic mass is 16.5. The van der Waals surface area contributed by atoms with Gasteiger partial charge >= 0.3 is 0 Å². The lowest BCUT2D eigenvalue weighted by molar-refractivity contribution is -0.145. The quantitative estimate of drug-likeness (QED) is 0.827. The molecule has 2 aromatic rings. The maximum absolute atomic E-state index is 13.0. The van der Waals surface area contributed by atoms with Crippen molar-refractivity contribution in [2.24, 2.45) is 0 Å². The highest BCUT2D eigenvalue weighted by Crippen LogP contribution is 2.21. The minimum atomic E-state index is -0.480. The molecule has 1 fully saturated rings. The molecule has 1 aromatic carbocycles. The second-order valence-corrected chi connectivity index (χ2v) is 6.60. The highest BCUT2D eigenvalue weighted by Gasteiger charge is 2.32. The fourth-order valence-electron chi connectivity index (χ4n) is 3.53. The van der Waals surface area contributed by atoms with Crippen LogP contribution in [0.1, 0.15) is 16.7 Å². The lowest BCUT2D eigenvalue weighted by Crippen LogP contribution is -2.52. The molecule has 1 atom stereocenters. The van der Waals surface area contributed by atoms with E-state index in [4.69, 9.17) is 10.00 Å². The summed E-state index contributed by atoms with van der Waals surface area (Å²) in [7, 11) is 0. The third-order valence-corrected chi connectivity index (χ3v) is 4.99. The third kappa shape index (κ3) is 3.26. The number of carbonyl (C=O) groups is 1. The Bertz CT molecular complexity index is 844. The van der Waals surface area contributed by atoms with Crippen molar-refractivity contribution in [3.63, 3.8) is 0 Å². The van der Waals surface area contributed by atoms with Crippen molar-refractivity contribution >= 4 is 11.7 Å². The molecular weight excluding hydrogens is 328 g/mol. The molecule has 0 saturated carbocycles. The van der Waals surface area contributed by atoms with Crippen LogP contribution in [0.5, 0.6) is 0 Å². The minimum absolute atomic E-state index is 0.0397. The molecule has 2 aliphatic rings. The van der Waals surface area contributed by atoms with Crippen molar-refractivity contribution in [1.82, 2.24) is 9.88 Å². The van der Waals surface area contributed by atoms with Gasteiger partial charge in [0.15, 0.2) is 6.10 Å². The number of rotatable bonds is 2. The summed E-state index contributed by atoms with van der Waals surface area (Å²) in [6, 6.07) is 13.9. The Morgan fingerprint density at radius 3 is 2.81 bits per heavy atom. The molecule has 1 saturated heterocycles. The number of nitrogens with zero attached hydrogens (tertiary/aromatic N) is 4. The zero-order chi connectivity index (χ0) is 17.9. The Morgan fingerprint density at radius 1 is 1.19 bits per heavy atom. The number of fused-ring (bicyclic) bond motifs is 1. The van der Waals surface area contributed by atoms with Crippen LogP contribution in [0.3, 0.4) is 0 Å². The van der Waals surface area contributed by atoms with Crippen LogP contribution in [0.25, 0.3) is 0 Å². The van der Waals surface area contributed by atoms with E-state index in [0.29, 0.717) is 31.8 Å². The summed E-state index contributed by atoms with van der Waals surface area (Å²) in [5, 5.41) is 8.89. The molecule has 0 radical (unpaired) electrons. The molecule has 2 aliphatic heterocycles. The predicted molar refractivity (Wildman–Crippen MR) is 96.5 cm³/mol. The Kier molecular flexibility index (Phi) is 4.55. The minimum Gasteiger partial charge on any atom is -0.365 e. The van der Waals surface area contributed by atoms with Crippen LogP contribution in [0.4, 0.5) is 5.82 Å². The van der Waals surface area contributed by atoms with Gasteiger partial charge in [0.25, 0.3) is 5.91 Å². The first-order valence-electron chi connectivity index (χ1n) is 8.83. The largest absolute Gasteiger partial charge is 0.365 e. The highest BCUT2D eigenvalue weighted by molar-refractivity contribution is 5.82. The van der Waals surface area contributed by atoms with E-state index < -0.39 is 6.10 Å². The summed E-state index contributed by atoms with van der Waals surface area (Å²) in [6.07, 6.45) is 1.96. The zero-order valence-electron chi connectivity index (χ0n) is 14.5. The van der Waals surface area contributed by atoms with Gasteiger partial charge in [-0.3, -0.25) is 4.79 Å². The van der Waals surface area contributed by atoms with E-state index in [9.17, 15) is 4.79 Å². The molecule has 26 heavy (non-hydrogen) atoms. The van der Waals surface area contributed by atoms with Gasteiger partial charge < -0.3 is 14.5 Å². The van der Waals surface area contributed by atoms with Gasteiger partial charge in [0.1, 0.15) is 11.9 Å². The molecule has 0 bridgehead atoms. The topological polar surface area (TPSA) is 69.5 Å². The number of carbonyl (C=O) groups excluding carboxylic acids is 1. The summed E-state index contributed by atoms with van der Waals surface area (Å²) in [5.41, 5.74) is 3.07. The van der Waals surface area contributed by atoms with Gasteiger partial charge in [0.2, 0.25) is 0 Å². The van der Waals surface area contributed by atoms with E-state index in [1.807, 2.05) is 28.0 Å². The van der Waals surface area contributed by atoms with E-state index in [1.165, 1.54) is 11.1 Å². The molecular formula is C20H20N4O2. The van der Waals surface area contributed by atoms with E-state index in [0.717, 1.165) is 18.8 Å². The molecule has 6 nitrogen and oxygen atoms in total. The van der Waals surface area contributed by atoms with Crippen molar-refractivity contribution in [2.75, 3.05) is 31.1 Å². The molecule has 3 heterocycles. The van der Waals surface area contributed by atoms with Gasteiger partial charge in [-0.15, -0.1) is 0 Å². The van der Waals surface area contributed by atoms with Crippen molar-refractivity contribution in [3.8, 4) is 6.07 Å². The average Bonchev–Trinajstić information content (AvgIpc) is 2.73. The summed E-state index contributed by atoms with van der Waals surface area (Å²) in [4.78, 5) is 21.2. The molecule has 0 spiro atoms. The Hall–Kier alpha value is -2.91. The van der Waals surface area contributed by atoms with Gasteiger partial charge in [-0.25, -0.2) is 4.98 Å². The van der Waals surface area contributed by atoms with Crippen LogP contribution in [0.2, 0.25) is 0 Å². The number of benzene rings is 1. The molecule has 1 aromatic heterocycles. The van der Waals surface area contributed by atoms with Gasteiger partial charge in [-0.05, 0) is 29.7 Å². The number of morpholine rings is 1. The fraction of sp³-hybridized carbons (Fsp3) is 0.350. The van der Waals surface area contributed by atoms with Crippen LogP contribution in [-0.4, -0.2) is 48.1 Å². The first-order valence-corrected chi connectivity index (χ1v) is 8.83. The molecule has 1 unspecified atom stereocenters. The van der Waals surface area contributed by atoms with Crippen molar-refractivity contribution in [2.45, 2.75) is 19.1 Å². The zero-order valence-corrected chi connectivity index (χ0v) is 14.5. The van der Waals surface area contributed by atoms with Crippen LogP contribution in [0, 0.1) is 11.3 Å². The number of ether oxygens (including phenoxy) is 1. The number of hydrogen-bond acceptors (Lipinski definition) is 5. The average molecular weight is 348 g/mol. The maximum Gasteiger partial charge on any atom is 0.253 e. The van der Waals surface area contributed by atoms with Crippen LogP contribution >= 0.6 is 0 Å². The van der Waals surface area contributed by atoms with E-state index in [1.54, 1.807) is 12.3 Å². The van der Waals surface area contributed by atoms with Gasteiger partial charge in [-0.2, -0.15) is 5.26 Å². The Morgan fingerprint density at radius 2 is 2.04 bits per heavy atom. The molecule has 0 N–H and O–H groups in total. The maximum atomic E-state index is 13.0. The molecule has 0 aliphatic carbocycles. The Labute approximate surface area is 152 Å².